The Labute approximate surface area is 139 Å². The van der Waals surface area contributed by atoms with Gasteiger partial charge in [0.15, 0.2) is 0 Å². The first-order valence-corrected chi connectivity index (χ1v) is 7.71. The Morgan fingerprint density at radius 3 is 2.50 bits per heavy atom. The number of nitrogens with two attached hydrogens (primary N) is 1. The molecule has 1 heterocycles. The molecule has 1 aliphatic rings. The minimum Gasteiger partial charge on any atom is -0.364 e. The van der Waals surface area contributed by atoms with E-state index in [1.54, 1.807) is 0 Å². The lowest BCUT2D eigenvalue weighted by atomic mass is 10.0. The quantitative estimate of drug-likeness (QED) is 0.872. The molecule has 22 heavy (non-hydrogen) atoms. The van der Waals surface area contributed by atoms with Crippen molar-refractivity contribution in [3.8, 4) is 0 Å². The van der Waals surface area contributed by atoms with Crippen LogP contribution in [0.25, 0.3) is 0 Å². The molecular weight excluding hydrogens is 300 g/mol. The van der Waals surface area contributed by atoms with Gasteiger partial charge in [-0.1, -0.05) is 29.3 Å². The summed E-state index contributed by atoms with van der Waals surface area (Å²) in [6.07, 6.45) is 2.18. The number of carbonyl (C=O) groups is 1. The van der Waals surface area contributed by atoms with Crippen molar-refractivity contribution in [2.45, 2.75) is 58.3 Å². The summed E-state index contributed by atoms with van der Waals surface area (Å²) in [6.45, 7) is 6.71. The molecular formula is C17H27ClN2O2. The predicted molar refractivity (Wildman–Crippen MR) is 91.4 cm³/mol. The smallest absolute Gasteiger partial charge is 0.249 e. The van der Waals surface area contributed by atoms with E-state index in [0.717, 1.165) is 19.3 Å². The summed E-state index contributed by atoms with van der Waals surface area (Å²) in [5.41, 5.74) is 9.34. The number of hydrogen-bond acceptors (Lipinski definition) is 3. The Balaban J connectivity index is 0.00000242. The third-order valence-corrected chi connectivity index (χ3v) is 3.87. The molecule has 1 fully saturated rings. The fraction of sp³-hybridized carbons (Fsp3) is 0.588. The SMILES string of the molecule is Cc1cc(C)cc(CC(C)NC(=O)[C@@H]2CC[C@H](CN)O2)c1.Cl. The van der Waals surface area contributed by atoms with Gasteiger partial charge in [-0.15, -0.1) is 12.4 Å². The van der Waals surface area contributed by atoms with Crippen LogP contribution in [0.3, 0.4) is 0 Å². The van der Waals surface area contributed by atoms with Gasteiger partial charge in [0, 0.05) is 12.6 Å². The molecule has 0 saturated carbocycles. The monoisotopic (exact) mass is 326 g/mol. The summed E-state index contributed by atoms with van der Waals surface area (Å²) in [5, 5.41) is 3.05. The van der Waals surface area contributed by atoms with Crippen molar-refractivity contribution in [3.05, 3.63) is 34.9 Å². The number of ether oxygens (including phenoxy) is 1. The number of rotatable bonds is 5. The molecule has 1 saturated heterocycles. The summed E-state index contributed by atoms with van der Waals surface area (Å²) in [6, 6.07) is 6.60. The molecule has 0 aromatic heterocycles. The van der Waals surface area contributed by atoms with E-state index in [4.69, 9.17) is 10.5 Å². The van der Waals surface area contributed by atoms with Gasteiger partial charge in [-0.05, 0) is 45.6 Å². The Morgan fingerprint density at radius 1 is 1.32 bits per heavy atom. The first-order chi connectivity index (χ1) is 9.97. The second-order valence-electron chi connectivity index (χ2n) is 6.17. The van der Waals surface area contributed by atoms with Crippen LogP contribution in [-0.4, -0.2) is 30.7 Å². The fourth-order valence-electron chi connectivity index (χ4n) is 3.00. The molecule has 1 aliphatic heterocycles. The molecule has 3 N–H and O–H groups in total. The molecule has 1 aromatic carbocycles. The van der Waals surface area contributed by atoms with Crippen LogP contribution in [-0.2, 0) is 16.0 Å². The molecule has 0 radical (unpaired) electrons. The molecule has 2 rings (SSSR count). The third kappa shape index (κ3) is 5.27. The standard InChI is InChI=1S/C17H26N2O2.ClH/c1-11-6-12(2)8-14(7-11)9-13(3)19-17(20)16-5-4-15(10-18)21-16;/h6-8,13,15-16H,4-5,9-10,18H2,1-3H3,(H,19,20);1H/t13?,15-,16+;/m1./s1. The lowest BCUT2D eigenvalue weighted by Crippen LogP contribution is -2.41. The fourth-order valence-corrected chi connectivity index (χ4v) is 3.00. The summed E-state index contributed by atoms with van der Waals surface area (Å²) < 4.78 is 5.62. The van der Waals surface area contributed by atoms with Crippen LogP contribution in [0.2, 0.25) is 0 Å². The molecule has 3 atom stereocenters. The molecule has 0 spiro atoms. The number of carbonyl (C=O) groups excluding carboxylic acids is 1. The highest BCUT2D eigenvalue weighted by Gasteiger charge is 2.30. The molecule has 1 amide bonds. The van der Waals surface area contributed by atoms with Gasteiger partial charge in [0.25, 0.3) is 0 Å². The number of nitrogens with one attached hydrogen (secondary N) is 1. The van der Waals surface area contributed by atoms with Crippen LogP contribution in [0.1, 0.15) is 36.5 Å². The molecule has 5 heteroatoms. The van der Waals surface area contributed by atoms with Gasteiger partial charge >= 0.3 is 0 Å². The van der Waals surface area contributed by atoms with Crippen LogP contribution >= 0.6 is 12.4 Å². The highest BCUT2D eigenvalue weighted by atomic mass is 35.5. The van der Waals surface area contributed by atoms with Gasteiger partial charge in [-0.2, -0.15) is 0 Å². The minimum absolute atomic E-state index is 0. The minimum atomic E-state index is -0.333. The molecule has 1 unspecified atom stereocenters. The van der Waals surface area contributed by atoms with Gasteiger partial charge in [-0.25, -0.2) is 0 Å². The van der Waals surface area contributed by atoms with Crippen LogP contribution < -0.4 is 11.1 Å². The zero-order valence-electron chi connectivity index (χ0n) is 13.6. The van der Waals surface area contributed by atoms with Gasteiger partial charge in [0.05, 0.1) is 6.10 Å². The average molecular weight is 327 g/mol. The van der Waals surface area contributed by atoms with Gasteiger partial charge < -0.3 is 15.8 Å². The van der Waals surface area contributed by atoms with Gasteiger partial charge in [-0.3, -0.25) is 4.79 Å². The predicted octanol–water partition coefficient (Wildman–Crippen LogP) is 2.28. The topological polar surface area (TPSA) is 64.4 Å². The largest absolute Gasteiger partial charge is 0.364 e. The second kappa shape index (κ2) is 8.51. The molecule has 1 aromatic rings. The van der Waals surface area contributed by atoms with E-state index in [1.807, 2.05) is 6.92 Å². The summed E-state index contributed by atoms with van der Waals surface area (Å²) >= 11 is 0. The van der Waals surface area contributed by atoms with E-state index in [1.165, 1.54) is 16.7 Å². The molecule has 0 aliphatic carbocycles. The Kier molecular flexibility index (Phi) is 7.33. The number of halogens is 1. The van der Waals surface area contributed by atoms with E-state index in [2.05, 4.69) is 37.4 Å². The second-order valence-corrected chi connectivity index (χ2v) is 6.17. The van der Waals surface area contributed by atoms with Crippen molar-refractivity contribution in [2.75, 3.05) is 6.54 Å². The van der Waals surface area contributed by atoms with Crippen molar-refractivity contribution in [1.82, 2.24) is 5.32 Å². The van der Waals surface area contributed by atoms with Crippen molar-refractivity contribution in [2.24, 2.45) is 5.73 Å². The van der Waals surface area contributed by atoms with Crippen molar-refractivity contribution >= 4 is 18.3 Å². The first-order valence-electron chi connectivity index (χ1n) is 7.71. The van der Waals surface area contributed by atoms with Crippen LogP contribution in [0.4, 0.5) is 0 Å². The maximum absolute atomic E-state index is 12.2. The van der Waals surface area contributed by atoms with E-state index >= 15 is 0 Å². The van der Waals surface area contributed by atoms with Crippen molar-refractivity contribution in [3.63, 3.8) is 0 Å². The lowest BCUT2D eigenvalue weighted by molar-refractivity contribution is -0.132. The van der Waals surface area contributed by atoms with Gasteiger partial charge in [0.1, 0.15) is 6.10 Å². The van der Waals surface area contributed by atoms with Crippen molar-refractivity contribution in [1.29, 1.82) is 0 Å². The summed E-state index contributed by atoms with van der Waals surface area (Å²) in [4.78, 5) is 12.2. The highest BCUT2D eigenvalue weighted by Crippen LogP contribution is 2.19. The summed E-state index contributed by atoms with van der Waals surface area (Å²) in [7, 11) is 0. The number of benzene rings is 1. The van der Waals surface area contributed by atoms with E-state index in [9.17, 15) is 4.79 Å². The number of hydrogen-bond donors (Lipinski definition) is 2. The lowest BCUT2D eigenvalue weighted by Gasteiger charge is -2.18. The van der Waals surface area contributed by atoms with Crippen LogP contribution in [0.15, 0.2) is 18.2 Å². The zero-order chi connectivity index (χ0) is 15.4. The van der Waals surface area contributed by atoms with Crippen LogP contribution in [0, 0.1) is 13.8 Å². The van der Waals surface area contributed by atoms with Gasteiger partial charge in [0.2, 0.25) is 5.91 Å². The Morgan fingerprint density at radius 2 is 1.95 bits per heavy atom. The summed E-state index contributed by atoms with van der Waals surface area (Å²) in [5.74, 6) is -0.0113. The third-order valence-electron chi connectivity index (χ3n) is 3.87. The van der Waals surface area contributed by atoms with E-state index < -0.39 is 0 Å². The molecule has 0 bridgehead atoms. The average Bonchev–Trinajstić information content (AvgIpc) is 2.85. The first kappa shape index (κ1) is 18.9. The highest BCUT2D eigenvalue weighted by molar-refractivity contribution is 5.85. The normalized spacial score (nSPS) is 22.0. The Bertz CT molecular complexity index is 487. The zero-order valence-corrected chi connectivity index (χ0v) is 14.4. The van der Waals surface area contributed by atoms with Crippen molar-refractivity contribution < 1.29 is 9.53 Å². The Hall–Kier alpha value is -1.10. The molecule has 4 nitrogen and oxygen atoms in total. The maximum atomic E-state index is 12.2. The molecule has 124 valence electrons. The van der Waals surface area contributed by atoms with E-state index in [-0.39, 0.29) is 36.6 Å². The van der Waals surface area contributed by atoms with E-state index in [0.29, 0.717) is 6.54 Å². The van der Waals surface area contributed by atoms with Crippen LogP contribution in [0.5, 0.6) is 0 Å². The number of amides is 1. The number of aryl methyl sites for hydroxylation is 2. The maximum Gasteiger partial charge on any atom is 0.249 e.